The molecule has 1 aromatic rings. The Morgan fingerprint density at radius 1 is 1.75 bits per heavy atom. The van der Waals surface area contributed by atoms with Crippen molar-refractivity contribution in [3.05, 3.63) is 23.2 Å². The van der Waals surface area contributed by atoms with Gasteiger partial charge in [0.15, 0.2) is 23.6 Å². The van der Waals surface area contributed by atoms with Crippen molar-refractivity contribution in [3.8, 4) is 0 Å². The second-order valence-corrected chi connectivity index (χ2v) is 2.33. The maximum absolute atomic E-state index is 10.8. The molecule has 0 aliphatic heterocycles. The van der Waals surface area contributed by atoms with Gasteiger partial charge < -0.3 is 9.52 Å². The van der Waals surface area contributed by atoms with E-state index in [-0.39, 0.29) is 23.9 Å². The molecule has 4 heteroatoms. The zero-order valence-corrected chi connectivity index (χ0v) is 6.53. The lowest BCUT2D eigenvalue weighted by Crippen LogP contribution is -1.86. The number of aliphatic hydroxyl groups is 1. The summed E-state index contributed by atoms with van der Waals surface area (Å²) < 4.78 is 4.84. The summed E-state index contributed by atoms with van der Waals surface area (Å²) in [7, 11) is 0. The molecule has 0 aliphatic rings. The van der Waals surface area contributed by atoms with Gasteiger partial charge in [-0.3, -0.25) is 9.59 Å². The van der Waals surface area contributed by atoms with Gasteiger partial charge in [0.25, 0.3) is 0 Å². The van der Waals surface area contributed by atoms with Gasteiger partial charge in [0.1, 0.15) is 0 Å². The zero-order valence-electron chi connectivity index (χ0n) is 6.53. The fourth-order valence-electron chi connectivity index (χ4n) is 0.840. The molecule has 0 fully saturated rings. The summed E-state index contributed by atoms with van der Waals surface area (Å²) in [6.07, 6.45) is 0.470. The molecule has 1 aromatic heterocycles. The topological polar surface area (TPSA) is 67.5 Å². The van der Waals surface area contributed by atoms with Gasteiger partial charge in [0, 0.05) is 12.5 Å². The predicted octanol–water partition coefficient (Wildman–Crippen LogP) is 0.787. The highest BCUT2D eigenvalue weighted by Crippen LogP contribution is 2.13. The Labute approximate surface area is 68.8 Å². The summed E-state index contributed by atoms with van der Waals surface area (Å²) in [4.78, 5) is 21.1. The first-order valence-electron chi connectivity index (χ1n) is 3.38. The molecular formula is C8H8O4. The van der Waals surface area contributed by atoms with E-state index in [4.69, 9.17) is 9.52 Å². The first kappa shape index (κ1) is 8.67. The second kappa shape index (κ2) is 3.32. The lowest BCUT2D eigenvalue weighted by molar-refractivity contribution is 0.0983. The highest BCUT2D eigenvalue weighted by atomic mass is 16.4. The molecule has 64 valence electrons. The van der Waals surface area contributed by atoms with Crippen LogP contribution in [0.1, 0.15) is 33.6 Å². The van der Waals surface area contributed by atoms with Gasteiger partial charge in [-0.1, -0.05) is 0 Å². The molecule has 0 saturated heterocycles. The van der Waals surface area contributed by atoms with E-state index in [1.54, 1.807) is 0 Å². The van der Waals surface area contributed by atoms with Gasteiger partial charge >= 0.3 is 0 Å². The molecule has 0 saturated carbocycles. The van der Waals surface area contributed by atoms with Crippen molar-refractivity contribution in [1.82, 2.24) is 0 Å². The summed E-state index contributed by atoms with van der Waals surface area (Å²) >= 11 is 0. The van der Waals surface area contributed by atoms with Crippen molar-refractivity contribution in [2.45, 2.75) is 13.5 Å². The third-order valence-electron chi connectivity index (χ3n) is 1.47. The van der Waals surface area contributed by atoms with E-state index < -0.39 is 0 Å². The van der Waals surface area contributed by atoms with E-state index in [2.05, 4.69) is 0 Å². The van der Waals surface area contributed by atoms with Gasteiger partial charge in [-0.25, -0.2) is 0 Å². The van der Waals surface area contributed by atoms with Crippen LogP contribution in [-0.4, -0.2) is 17.2 Å². The number of Topliss-reactive ketones (excluding diaryl/α,β-unsaturated/α-hetero) is 1. The summed E-state index contributed by atoms with van der Waals surface area (Å²) in [5.41, 5.74) is 0.343. The minimum absolute atomic E-state index is 0.0164. The number of aldehydes is 1. The van der Waals surface area contributed by atoms with Crippen molar-refractivity contribution in [3.63, 3.8) is 0 Å². The van der Waals surface area contributed by atoms with Gasteiger partial charge in [-0.2, -0.15) is 0 Å². The first-order valence-corrected chi connectivity index (χ1v) is 3.38. The molecule has 1 N–H and O–H groups in total. The Morgan fingerprint density at radius 3 is 2.75 bits per heavy atom. The van der Waals surface area contributed by atoms with E-state index in [1.807, 2.05) is 0 Å². The van der Waals surface area contributed by atoms with Gasteiger partial charge in [0.05, 0.1) is 6.61 Å². The van der Waals surface area contributed by atoms with Gasteiger partial charge in [0.2, 0.25) is 0 Å². The molecule has 0 aromatic carbocycles. The van der Waals surface area contributed by atoms with E-state index in [0.717, 1.165) is 0 Å². The number of ketones is 1. The van der Waals surface area contributed by atoms with Gasteiger partial charge in [-0.05, 0) is 6.07 Å². The van der Waals surface area contributed by atoms with Crippen molar-refractivity contribution < 1.29 is 19.1 Å². The Morgan fingerprint density at radius 2 is 2.42 bits per heavy atom. The SMILES string of the molecule is CC(=O)c1cc(CO)c(C=O)o1. The standard InChI is InChI=1S/C8H8O4/c1-5(11)7-2-6(3-9)8(4-10)12-7/h2,4,9H,3H2,1H3. The first-order chi connectivity index (χ1) is 5.69. The van der Waals surface area contributed by atoms with Crippen LogP contribution in [-0.2, 0) is 6.61 Å². The maximum Gasteiger partial charge on any atom is 0.194 e. The highest BCUT2D eigenvalue weighted by molar-refractivity contribution is 5.92. The lowest BCUT2D eigenvalue weighted by Gasteiger charge is -1.85. The van der Waals surface area contributed by atoms with Crippen molar-refractivity contribution in [2.75, 3.05) is 0 Å². The second-order valence-electron chi connectivity index (χ2n) is 2.33. The van der Waals surface area contributed by atoms with Crippen LogP contribution in [0.15, 0.2) is 10.5 Å². The molecule has 12 heavy (non-hydrogen) atoms. The molecule has 4 nitrogen and oxygen atoms in total. The molecule has 0 amide bonds. The number of carbonyl (C=O) groups excluding carboxylic acids is 2. The predicted molar refractivity (Wildman–Crippen MR) is 40.0 cm³/mol. The largest absolute Gasteiger partial charge is 0.450 e. The summed E-state index contributed by atoms with van der Waals surface area (Å²) in [5, 5.41) is 8.71. The fraction of sp³-hybridized carbons (Fsp3) is 0.250. The van der Waals surface area contributed by atoms with Gasteiger partial charge in [-0.15, -0.1) is 0 Å². The van der Waals surface area contributed by atoms with Crippen LogP contribution in [0.4, 0.5) is 0 Å². The maximum atomic E-state index is 10.8. The molecule has 0 spiro atoms. The lowest BCUT2D eigenvalue weighted by atomic mass is 10.2. The Balaban J connectivity index is 3.13. The van der Waals surface area contributed by atoms with E-state index >= 15 is 0 Å². The quantitative estimate of drug-likeness (QED) is 0.535. The molecule has 0 aliphatic carbocycles. The molecule has 0 bridgehead atoms. The fourth-order valence-corrected chi connectivity index (χ4v) is 0.840. The molecule has 0 radical (unpaired) electrons. The Hall–Kier alpha value is -1.42. The van der Waals surface area contributed by atoms with E-state index in [0.29, 0.717) is 11.8 Å². The molecule has 0 atom stereocenters. The van der Waals surface area contributed by atoms with E-state index in [1.165, 1.54) is 13.0 Å². The highest BCUT2D eigenvalue weighted by Gasteiger charge is 2.11. The normalized spacial score (nSPS) is 9.83. The van der Waals surface area contributed by atoms with Crippen LogP contribution in [0.2, 0.25) is 0 Å². The number of aliphatic hydroxyl groups excluding tert-OH is 1. The average molecular weight is 168 g/mol. The average Bonchev–Trinajstić information content (AvgIpc) is 2.46. The number of carbonyl (C=O) groups is 2. The van der Waals surface area contributed by atoms with Crippen LogP contribution in [0.3, 0.4) is 0 Å². The molecular weight excluding hydrogens is 160 g/mol. The monoisotopic (exact) mass is 168 g/mol. The van der Waals surface area contributed by atoms with Crippen LogP contribution in [0, 0.1) is 0 Å². The summed E-state index contributed by atoms with van der Waals surface area (Å²) in [6, 6.07) is 1.37. The summed E-state index contributed by atoms with van der Waals surface area (Å²) in [6.45, 7) is 1.03. The van der Waals surface area contributed by atoms with Crippen molar-refractivity contribution in [2.24, 2.45) is 0 Å². The molecule has 1 heterocycles. The number of furan rings is 1. The van der Waals surface area contributed by atoms with Crippen molar-refractivity contribution in [1.29, 1.82) is 0 Å². The van der Waals surface area contributed by atoms with Crippen LogP contribution in [0.5, 0.6) is 0 Å². The minimum Gasteiger partial charge on any atom is -0.450 e. The molecule has 1 rings (SSSR count). The third-order valence-corrected chi connectivity index (χ3v) is 1.47. The Bertz CT molecular complexity index is 311. The minimum atomic E-state index is -0.301. The van der Waals surface area contributed by atoms with Crippen LogP contribution < -0.4 is 0 Å². The zero-order chi connectivity index (χ0) is 9.14. The number of rotatable bonds is 3. The third kappa shape index (κ3) is 1.43. The molecule has 0 unspecified atom stereocenters. The smallest absolute Gasteiger partial charge is 0.194 e. The van der Waals surface area contributed by atoms with Crippen LogP contribution in [0.25, 0.3) is 0 Å². The number of hydrogen-bond acceptors (Lipinski definition) is 4. The Kier molecular flexibility index (Phi) is 2.40. The van der Waals surface area contributed by atoms with Crippen molar-refractivity contribution >= 4 is 12.1 Å². The van der Waals surface area contributed by atoms with Crippen LogP contribution >= 0.6 is 0 Å². The summed E-state index contributed by atoms with van der Waals surface area (Å²) in [5.74, 6) is -0.151. The van der Waals surface area contributed by atoms with E-state index in [9.17, 15) is 9.59 Å². The number of hydrogen-bond donors (Lipinski definition) is 1.